The normalized spacial score (nSPS) is 14.7. The Morgan fingerprint density at radius 3 is 2.67 bits per heavy atom. The fraction of sp³-hybridized carbons (Fsp3) is 0.300. The zero-order chi connectivity index (χ0) is 17.8. The van der Waals surface area contributed by atoms with Gasteiger partial charge in [0.05, 0.1) is 16.8 Å². The third-order valence-electron chi connectivity index (χ3n) is 4.52. The zero-order valence-electron chi connectivity index (χ0n) is 14.8. The number of morpholine rings is 1. The maximum atomic E-state index is 6.15. The van der Waals surface area contributed by atoms with Crippen molar-refractivity contribution < 1.29 is 9.47 Å². The Balaban J connectivity index is 0.00000210. The zero-order valence-corrected chi connectivity index (χ0v) is 17.8. The molecule has 142 valence electrons. The van der Waals surface area contributed by atoms with Crippen molar-refractivity contribution in [3.63, 3.8) is 0 Å². The second kappa shape index (κ2) is 9.64. The molecule has 3 aromatic rings. The molecule has 0 amide bonds. The Morgan fingerprint density at radius 1 is 1.11 bits per heavy atom. The van der Waals surface area contributed by atoms with Gasteiger partial charge in [0.1, 0.15) is 12.1 Å². The minimum absolute atomic E-state index is 0. The molecule has 27 heavy (non-hydrogen) atoms. The molecule has 4 rings (SSSR count). The van der Waals surface area contributed by atoms with Crippen LogP contribution in [0.3, 0.4) is 0 Å². The highest BCUT2D eigenvalue weighted by Gasteiger charge is 2.17. The van der Waals surface area contributed by atoms with E-state index < -0.39 is 0 Å². The maximum Gasteiger partial charge on any atom is 0.159 e. The topological polar surface area (TPSA) is 47.5 Å². The highest BCUT2D eigenvalue weighted by atomic mass is 127. The van der Waals surface area contributed by atoms with Crippen molar-refractivity contribution in [2.24, 2.45) is 0 Å². The van der Waals surface area contributed by atoms with Crippen LogP contribution in [0.4, 0.5) is 0 Å². The van der Waals surface area contributed by atoms with Crippen molar-refractivity contribution in [2.75, 3.05) is 26.3 Å². The first-order valence-corrected chi connectivity index (χ1v) is 9.77. The van der Waals surface area contributed by atoms with Gasteiger partial charge in [-0.05, 0) is 58.0 Å². The van der Waals surface area contributed by atoms with Crippen molar-refractivity contribution in [3.8, 4) is 5.75 Å². The molecule has 0 bridgehead atoms. The number of pyridine rings is 2. The maximum absolute atomic E-state index is 6.15. The molecule has 0 N–H and O–H groups in total. The van der Waals surface area contributed by atoms with Crippen LogP contribution in [0, 0.1) is 3.57 Å². The van der Waals surface area contributed by atoms with Crippen LogP contribution in [-0.4, -0.2) is 41.2 Å². The van der Waals surface area contributed by atoms with Crippen molar-refractivity contribution in [2.45, 2.75) is 13.2 Å². The van der Waals surface area contributed by atoms with Gasteiger partial charge in [-0.3, -0.25) is 14.9 Å². The minimum Gasteiger partial charge on any atom is -0.485 e. The lowest BCUT2D eigenvalue weighted by Crippen LogP contribution is -2.35. The van der Waals surface area contributed by atoms with Gasteiger partial charge in [0.25, 0.3) is 0 Å². The summed E-state index contributed by atoms with van der Waals surface area (Å²) in [6, 6.07) is 10.3. The molecule has 0 saturated carbocycles. The van der Waals surface area contributed by atoms with Gasteiger partial charge in [0.15, 0.2) is 5.75 Å². The second-order valence-electron chi connectivity index (χ2n) is 6.28. The van der Waals surface area contributed by atoms with Crippen LogP contribution in [0.15, 0.2) is 48.9 Å². The summed E-state index contributed by atoms with van der Waals surface area (Å²) < 4.78 is 12.7. The molecule has 0 spiro atoms. The molecule has 5 nitrogen and oxygen atoms in total. The number of halogens is 2. The molecule has 0 aliphatic carbocycles. The molecule has 1 aliphatic heterocycles. The number of ether oxygens (including phenoxy) is 2. The first-order valence-electron chi connectivity index (χ1n) is 8.69. The summed E-state index contributed by atoms with van der Waals surface area (Å²) in [7, 11) is 0. The van der Waals surface area contributed by atoms with E-state index in [1.165, 1.54) is 5.56 Å². The second-order valence-corrected chi connectivity index (χ2v) is 7.44. The Kier molecular flexibility index (Phi) is 7.23. The van der Waals surface area contributed by atoms with E-state index in [0.29, 0.717) is 6.61 Å². The highest BCUT2D eigenvalue weighted by molar-refractivity contribution is 14.1. The summed E-state index contributed by atoms with van der Waals surface area (Å²) in [6.07, 6.45) is 5.40. The molecular formula is C20H21ClIN3O2. The van der Waals surface area contributed by atoms with E-state index in [-0.39, 0.29) is 12.4 Å². The predicted octanol–water partition coefficient (Wildman–Crippen LogP) is 4.07. The Bertz CT molecular complexity index is 889. The van der Waals surface area contributed by atoms with Crippen LogP contribution < -0.4 is 4.74 Å². The third-order valence-corrected chi connectivity index (χ3v) is 5.32. The van der Waals surface area contributed by atoms with Crippen LogP contribution in [-0.2, 0) is 17.9 Å². The fourth-order valence-electron chi connectivity index (χ4n) is 3.16. The lowest BCUT2D eigenvalue weighted by molar-refractivity contribution is 0.0343. The predicted molar refractivity (Wildman–Crippen MR) is 116 cm³/mol. The molecule has 2 aromatic heterocycles. The van der Waals surface area contributed by atoms with E-state index in [9.17, 15) is 0 Å². The highest BCUT2D eigenvalue weighted by Crippen LogP contribution is 2.33. The van der Waals surface area contributed by atoms with Gasteiger partial charge in [-0.25, -0.2) is 0 Å². The van der Waals surface area contributed by atoms with Crippen LogP contribution in [0.25, 0.3) is 10.9 Å². The monoisotopic (exact) mass is 497 g/mol. The SMILES string of the molecule is Cl.Ic1cc(CN2CCOCC2)c2cccnc2c1OCc1ccncc1. The largest absolute Gasteiger partial charge is 0.485 e. The van der Waals surface area contributed by atoms with E-state index in [1.807, 2.05) is 24.4 Å². The van der Waals surface area contributed by atoms with Crippen LogP contribution in [0.5, 0.6) is 5.75 Å². The molecule has 1 aromatic carbocycles. The first-order chi connectivity index (χ1) is 12.8. The van der Waals surface area contributed by atoms with Gasteiger partial charge in [0.2, 0.25) is 0 Å². The number of nitrogens with zero attached hydrogens (tertiary/aromatic N) is 3. The smallest absolute Gasteiger partial charge is 0.159 e. The van der Waals surface area contributed by atoms with Crippen molar-refractivity contribution in [1.82, 2.24) is 14.9 Å². The van der Waals surface area contributed by atoms with Gasteiger partial charge in [0, 0.05) is 43.6 Å². The average molecular weight is 498 g/mol. The van der Waals surface area contributed by atoms with Crippen molar-refractivity contribution in [3.05, 3.63) is 63.6 Å². The third kappa shape index (κ3) is 4.87. The van der Waals surface area contributed by atoms with Crippen LogP contribution in [0.2, 0.25) is 0 Å². The summed E-state index contributed by atoms with van der Waals surface area (Å²) in [6.45, 7) is 4.97. The minimum atomic E-state index is 0. The molecule has 0 radical (unpaired) electrons. The Hall–Kier alpha value is -1.48. The molecule has 7 heteroatoms. The number of fused-ring (bicyclic) bond motifs is 1. The summed E-state index contributed by atoms with van der Waals surface area (Å²) in [5, 5.41) is 1.16. The van der Waals surface area contributed by atoms with Crippen LogP contribution >= 0.6 is 35.0 Å². The van der Waals surface area contributed by atoms with Crippen molar-refractivity contribution in [1.29, 1.82) is 0 Å². The van der Waals surface area contributed by atoms with E-state index in [0.717, 1.165) is 58.6 Å². The Morgan fingerprint density at radius 2 is 1.89 bits per heavy atom. The number of benzene rings is 1. The van der Waals surface area contributed by atoms with E-state index in [1.54, 1.807) is 12.4 Å². The lowest BCUT2D eigenvalue weighted by Gasteiger charge is -2.27. The quantitative estimate of drug-likeness (QED) is 0.498. The summed E-state index contributed by atoms with van der Waals surface area (Å²) in [5.41, 5.74) is 3.31. The van der Waals surface area contributed by atoms with Gasteiger partial charge >= 0.3 is 0 Å². The molecule has 0 unspecified atom stereocenters. The number of rotatable bonds is 5. The van der Waals surface area contributed by atoms with Crippen molar-refractivity contribution >= 4 is 45.9 Å². The standard InChI is InChI=1S/C20H20IN3O2.ClH/c21-18-12-16(13-24-8-10-25-11-9-24)17-2-1-5-23-19(17)20(18)26-14-15-3-6-22-7-4-15;/h1-7,12H,8-11,13-14H2;1H. The number of aromatic nitrogens is 2. The number of hydrogen-bond donors (Lipinski definition) is 0. The molecule has 1 saturated heterocycles. The van der Waals surface area contributed by atoms with E-state index in [2.05, 4.69) is 49.6 Å². The molecular weight excluding hydrogens is 477 g/mol. The lowest BCUT2D eigenvalue weighted by atomic mass is 10.1. The summed E-state index contributed by atoms with van der Waals surface area (Å²) in [4.78, 5) is 11.1. The van der Waals surface area contributed by atoms with E-state index >= 15 is 0 Å². The van der Waals surface area contributed by atoms with Gasteiger partial charge < -0.3 is 9.47 Å². The van der Waals surface area contributed by atoms with E-state index in [4.69, 9.17) is 9.47 Å². The molecule has 3 heterocycles. The van der Waals surface area contributed by atoms with Gasteiger partial charge in [-0.2, -0.15) is 0 Å². The van der Waals surface area contributed by atoms with Gasteiger partial charge in [-0.15, -0.1) is 12.4 Å². The molecule has 0 atom stereocenters. The fourth-order valence-corrected chi connectivity index (χ4v) is 3.94. The molecule has 1 fully saturated rings. The first kappa shape index (κ1) is 20.3. The summed E-state index contributed by atoms with van der Waals surface area (Å²) in [5.74, 6) is 0.851. The number of hydrogen-bond acceptors (Lipinski definition) is 5. The molecule has 1 aliphatic rings. The Labute approximate surface area is 178 Å². The van der Waals surface area contributed by atoms with Crippen LogP contribution in [0.1, 0.15) is 11.1 Å². The summed E-state index contributed by atoms with van der Waals surface area (Å²) >= 11 is 2.35. The van der Waals surface area contributed by atoms with Gasteiger partial charge in [-0.1, -0.05) is 6.07 Å². The average Bonchev–Trinajstić information content (AvgIpc) is 2.69.